The maximum Gasteiger partial charge on any atom is 0.320 e. The van der Waals surface area contributed by atoms with Gasteiger partial charge in [-0.2, -0.15) is 9.97 Å². The maximum absolute atomic E-state index is 16.8. The fourth-order valence-corrected chi connectivity index (χ4v) is 7.06. The topological polar surface area (TPSA) is 69.6 Å². The van der Waals surface area contributed by atoms with Gasteiger partial charge in [-0.15, -0.1) is 0 Å². The van der Waals surface area contributed by atoms with Crippen LogP contribution in [0, 0.1) is 5.82 Å². The third-order valence-electron chi connectivity index (χ3n) is 9.47. The smallest absolute Gasteiger partial charge is 0.320 e. The van der Waals surface area contributed by atoms with E-state index in [0.29, 0.717) is 29.9 Å². The highest BCUT2D eigenvalue weighted by Crippen LogP contribution is 2.40. The Hall–Kier alpha value is -5.08. The van der Waals surface area contributed by atoms with E-state index < -0.39 is 5.82 Å². The van der Waals surface area contributed by atoms with Crippen LogP contribution in [0.1, 0.15) is 36.8 Å². The predicted molar refractivity (Wildman–Crippen MR) is 180 cm³/mol. The van der Waals surface area contributed by atoms with Gasteiger partial charge in [-0.3, -0.25) is 9.88 Å². The molecule has 2 aromatic heterocycles. The van der Waals surface area contributed by atoms with Crippen LogP contribution >= 0.6 is 0 Å². The van der Waals surface area contributed by atoms with Crippen LogP contribution in [0.5, 0.6) is 17.6 Å². The zero-order valence-electron chi connectivity index (χ0n) is 26.1. The molecule has 0 atom stereocenters. The number of nitrogens with zero attached hydrogens (tertiary/aromatic N) is 4. The van der Waals surface area contributed by atoms with Crippen LogP contribution in [-0.2, 0) is 13.2 Å². The van der Waals surface area contributed by atoms with Crippen molar-refractivity contribution >= 4 is 21.7 Å². The van der Waals surface area contributed by atoms with Crippen LogP contribution in [-0.4, -0.2) is 45.1 Å². The molecule has 2 aliphatic rings. The lowest BCUT2D eigenvalue weighted by atomic mass is 9.95. The average molecular weight is 627 g/mol. The molecule has 236 valence electrons. The lowest BCUT2D eigenvalue weighted by molar-refractivity contribution is 0.107. The van der Waals surface area contributed by atoms with Crippen molar-refractivity contribution in [3.8, 4) is 28.9 Å². The monoisotopic (exact) mass is 626 g/mol. The predicted octanol–water partition coefficient (Wildman–Crippen LogP) is 8.15. The van der Waals surface area contributed by atoms with E-state index in [1.165, 1.54) is 0 Å². The van der Waals surface area contributed by atoms with Gasteiger partial charge in [-0.25, -0.2) is 4.39 Å². The lowest BCUT2D eigenvalue weighted by Crippen LogP contribution is -2.43. The second kappa shape index (κ2) is 12.6. The van der Waals surface area contributed by atoms with Crippen LogP contribution in [0.3, 0.4) is 0 Å². The van der Waals surface area contributed by atoms with Crippen molar-refractivity contribution in [3.63, 3.8) is 0 Å². The maximum atomic E-state index is 16.8. The van der Waals surface area contributed by atoms with Gasteiger partial charge in [0.1, 0.15) is 36.8 Å². The van der Waals surface area contributed by atoms with Gasteiger partial charge in [0, 0.05) is 11.8 Å². The minimum absolute atomic E-state index is 0.00949. The first-order valence-electron chi connectivity index (χ1n) is 16.3. The molecule has 2 aliphatic heterocycles. The SMILES string of the molecule is Fc1c(-c2cc(OCc3ccccc3)cc3ccccc23)ncc2c(OCc3ccccc3)nc(OCC34CCCN3CCC4)nc12. The van der Waals surface area contributed by atoms with E-state index in [2.05, 4.69) is 19.9 Å². The molecule has 0 unspecified atom stereocenters. The van der Waals surface area contributed by atoms with E-state index >= 15 is 4.39 Å². The summed E-state index contributed by atoms with van der Waals surface area (Å²) in [6.45, 7) is 3.28. The Morgan fingerprint density at radius 1 is 0.723 bits per heavy atom. The lowest BCUT2D eigenvalue weighted by Gasteiger charge is -2.31. The Balaban J connectivity index is 1.19. The summed E-state index contributed by atoms with van der Waals surface area (Å²) in [5.41, 5.74) is 2.90. The molecular weight excluding hydrogens is 591 g/mol. The van der Waals surface area contributed by atoms with E-state index in [0.717, 1.165) is 60.7 Å². The number of pyridine rings is 1. The Kier molecular flexibility index (Phi) is 7.87. The molecule has 6 aromatic rings. The summed E-state index contributed by atoms with van der Waals surface area (Å²) in [5, 5.41) is 2.17. The Morgan fingerprint density at radius 3 is 2.15 bits per heavy atom. The molecule has 0 radical (unpaired) electrons. The minimum atomic E-state index is -0.564. The molecule has 4 aromatic carbocycles. The molecule has 0 aliphatic carbocycles. The van der Waals surface area contributed by atoms with Gasteiger partial charge < -0.3 is 14.2 Å². The standard InChI is InChI=1S/C39H35FN4O3/c40-34-35(32-22-30(21-29-15-7-8-16-31(29)32)45-24-27-11-3-1-4-12-27)41-23-33-36(34)42-38(43-37(33)46-25-28-13-5-2-6-14-28)47-26-39-17-9-19-44(39)20-10-18-39/h1-8,11-16,21-23H,9-10,17-20,24-26H2. The van der Waals surface area contributed by atoms with Gasteiger partial charge in [-0.05, 0) is 72.8 Å². The largest absolute Gasteiger partial charge is 0.489 e. The first-order valence-corrected chi connectivity index (χ1v) is 16.3. The molecule has 7 nitrogen and oxygen atoms in total. The second-order valence-electron chi connectivity index (χ2n) is 12.4. The summed E-state index contributed by atoms with van der Waals surface area (Å²) in [4.78, 5) is 16.5. The summed E-state index contributed by atoms with van der Waals surface area (Å²) < 4.78 is 35.5. The number of rotatable bonds is 10. The Labute approximate surface area is 273 Å². The molecular formula is C39H35FN4O3. The van der Waals surface area contributed by atoms with Crippen molar-refractivity contribution in [3.05, 3.63) is 120 Å². The fourth-order valence-electron chi connectivity index (χ4n) is 7.06. The number of ether oxygens (including phenoxy) is 3. The van der Waals surface area contributed by atoms with Crippen molar-refractivity contribution < 1.29 is 18.6 Å². The first-order chi connectivity index (χ1) is 23.1. The summed E-state index contributed by atoms with van der Waals surface area (Å²) in [6.07, 6.45) is 6.06. The molecule has 0 saturated carbocycles. The first kappa shape index (κ1) is 29.3. The molecule has 2 fully saturated rings. The molecule has 0 amide bonds. The van der Waals surface area contributed by atoms with Crippen molar-refractivity contribution in [2.45, 2.75) is 44.4 Å². The zero-order valence-corrected chi connectivity index (χ0v) is 26.1. The van der Waals surface area contributed by atoms with Crippen LogP contribution in [0.15, 0.2) is 103 Å². The minimum Gasteiger partial charge on any atom is -0.489 e. The molecule has 47 heavy (non-hydrogen) atoms. The number of fused-ring (bicyclic) bond motifs is 3. The number of halogens is 1. The fraction of sp³-hybridized carbons (Fsp3) is 0.256. The van der Waals surface area contributed by atoms with Gasteiger partial charge in [0.2, 0.25) is 5.88 Å². The highest BCUT2D eigenvalue weighted by molar-refractivity contribution is 5.99. The van der Waals surface area contributed by atoms with Gasteiger partial charge in [0.25, 0.3) is 0 Å². The summed E-state index contributed by atoms with van der Waals surface area (Å²) in [5.74, 6) is 0.300. The van der Waals surface area contributed by atoms with E-state index in [4.69, 9.17) is 14.2 Å². The quantitative estimate of drug-likeness (QED) is 0.152. The summed E-state index contributed by atoms with van der Waals surface area (Å²) >= 11 is 0. The van der Waals surface area contributed by atoms with Crippen molar-refractivity contribution in [1.82, 2.24) is 19.9 Å². The average Bonchev–Trinajstić information content (AvgIpc) is 3.71. The van der Waals surface area contributed by atoms with Crippen LogP contribution in [0.4, 0.5) is 4.39 Å². The number of hydrogen-bond acceptors (Lipinski definition) is 7. The Morgan fingerprint density at radius 2 is 1.40 bits per heavy atom. The van der Waals surface area contributed by atoms with E-state index in [-0.39, 0.29) is 35.2 Å². The number of hydrogen-bond donors (Lipinski definition) is 0. The molecule has 0 N–H and O–H groups in total. The molecule has 2 saturated heterocycles. The van der Waals surface area contributed by atoms with Crippen molar-refractivity contribution in [2.24, 2.45) is 0 Å². The molecule has 8 heteroatoms. The third kappa shape index (κ3) is 5.85. The van der Waals surface area contributed by atoms with Crippen LogP contribution in [0.2, 0.25) is 0 Å². The molecule has 8 rings (SSSR count). The molecule has 0 bridgehead atoms. The van der Waals surface area contributed by atoms with Gasteiger partial charge >= 0.3 is 6.01 Å². The summed E-state index contributed by atoms with van der Waals surface area (Å²) in [7, 11) is 0. The highest BCUT2D eigenvalue weighted by atomic mass is 19.1. The summed E-state index contributed by atoms with van der Waals surface area (Å²) in [6, 6.07) is 31.6. The van der Waals surface area contributed by atoms with Crippen molar-refractivity contribution in [2.75, 3.05) is 19.7 Å². The van der Waals surface area contributed by atoms with E-state index in [1.807, 2.05) is 97.1 Å². The van der Waals surface area contributed by atoms with Gasteiger partial charge in [0.05, 0.1) is 10.9 Å². The highest BCUT2D eigenvalue weighted by Gasteiger charge is 2.45. The third-order valence-corrected chi connectivity index (χ3v) is 9.47. The van der Waals surface area contributed by atoms with Gasteiger partial charge in [0.15, 0.2) is 5.82 Å². The Bertz CT molecular complexity index is 2030. The normalized spacial score (nSPS) is 15.6. The second-order valence-corrected chi connectivity index (χ2v) is 12.4. The number of aromatic nitrogens is 3. The van der Waals surface area contributed by atoms with Crippen molar-refractivity contribution in [1.29, 1.82) is 0 Å². The zero-order chi connectivity index (χ0) is 31.6. The number of benzene rings is 4. The van der Waals surface area contributed by atoms with E-state index in [1.54, 1.807) is 6.20 Å². The van der Waals surface area contributed by atoms with Gasteiger partial charge in [-0.1, -0.05) is 84.9 Å². The van der Waals surface area contributed by atoms with Crippen LogP contribution in [0.25, 0.3) is 32.9 Å². The molecule has 0 spiro atoms. The van der Waals surface area contributed by atoms with E-state index in [9.17, 15) is 0 Å². The van der Waals surface area contributed by atoms with Crippen LogP contribution < -0.4 is 14.2 Å². The molecule has 4 heterocycles.